The van der Waals surface area contributed by atoms with Crippen LogP contribution in [0, 0.1) is 11.3 Å². The van der Waals surface area contributed by atoms with E-state index in [9.17, 15) is 0 Å². The van der Waals surface area contributed by atoms with E-state index in [2.05, 4.69) is 6.07 Å². The molecule has 0 aliphatic heterocycles. The molecule has 0 aliphatic rings. The topological polar surface area (TPSA) is 23.8 Å². The van der Waals surface area contributed by atoms with Gasteiger partial charge in [0.25, 0.3) is 0 Å². The first kappa shape index (κ1) is 8.10. The van der Waals surface area contributed by atoms with Gasteiger partial charge in [0.05, 0.1) is 11.6 Å². The van der Waals surface area contributed by atoms with Crippen molar-refractivity contribution < 1.29 is 0 Å². The molecule has 2 heteroatoms. The van der Waals surface area contributed by atoms with Crippen molar-refractivity contribution in [1.82, 2.24) is 0 Å². The molecular weight excluding hydrogens is 182 g/mol. The largest absolute Gasteiger partial charge is 0.192 e. The molecule has 0 heterocycles. The standard InChI is InChI=1S/C11H6ClN/c12-10-6-2-4-8-3-1-5-9(7-13)11(8)10/h1-6H. The molecular formula is C11H6ClN. The van der Waals surface area contributed by atoms with E-state index in [1.165, 1.54) is 0 Å². The number of benzene rings is 2. The van der Waals surface area contributed by atoms with Gasteiger partial charge in [0.1, 0.15) is 0 Å². The molecule has 0 saturated heterocycles. The van der Waals surface area contributed by atoms with E-state index in [0.29, 0.717) is 10.6 Å². The molecule has 0 atom stereocenters. The van der Waals surface area contributed by atoms with Crippen LogP contribution in [0.15, 0.2) is 36.4 Å². The van der Waals surface area contributed by atoms with Gasteiger partial charge in [-0.1, -0.05) is 35.9 Å². The summed E-state index contributed by atoms with van der Waals surface area (Å²) in [5.41, 5.74) is 0.628. The molecule has 62 valence electrons. The third-order valence-corrected chi connectivity index (χ3v) is 2.29. The number of nitrogens with zero attached hydrogens (tertiary/aromatic N) is 1. The SMILES string of the molecule is N#Cc1cccc2cccc(Cl)c12. The van der Waals surface area contributed by atoms with Gasteiger partial charge in [-0.05, 0) is 17.5 Å². The molecule has 0 radical (unpaired) electrons. The van der Waals surface area contributed by atoms with Gasteiger partial charge >= 0.3 is 0 Å². The van der Waals surface area contributed by atoms with Gasteiger partial charge in [-0.3, -0.25) is 0 Å². The summed E-state index contributed by atoms with van der Waals surface area (Å²) in [6.45, 7) is 0. The Morgan fingerprint density at radius 1 is 1.08 bits per heavy atom. The number of fused-ring (bicyclic) bond motifs is 1. The molecule has 0 fully saturated rings. The fourth-order valence-corrected chi connectivity index (χ4v) is 1.67. The zero-order valence-corrected chi connectivity index (χ0v) is 7.55. The summed E-state index contributed by atoms with van der Waals surface area (Å²) in [5, 5.41) is 11.3. The molecule has 0 amide bonds. The zero-order valence-electron chi connectivity index (χ0n) is 6.79. The van der Waals surface area contributed by atoms with Crippen molar-refractivity contribution in [2.45, 2.75) is 0 Å². The van der Waals surface area contributed by atoms with E-state index in [4.69, 9.17) is 16.9 Å². The van der Waals surface area contributed by atoms with Crippen molar-refractivity contribution >= 4 is 22.4 Å². The Labute approximate surface area is 81.2 Å². The maximum absolute atomic E-state index is 8.85. The van der Waals surface area contributed by atoms with Crippen LogP contribution < -0.4 is 0 Å². The van der Waals surface area contributed by atoms with Crippen molar-refractivity contribution in [3.05, 3.63) is 47.0 Å². The number of hydrogen-bond donors (Lipinski definition) is 0. The highest BCUT2D eigenvalue weighted by Gasteiger charge is 2.02. The van der Waals surface area contributed by atoms with Crippen LogP contribution in [0.25, 0.3) is 10.8 Å². The lowest BCUT2D eigenvalue weighted by atomic mass is 10.1. The monoisotopic (exact) mass is 187 g/mol. The first-order chi connectivity index (χ1) is 6.33. The zero-order chi connectivity index (χ0) is 9.26. The number of nitriles is 1. The Bertz CT molecular complexity index is 492. The van der Waals surface area contributed by atoms with Gasteiger partial charge in [-0.25, -0.2) is 0 Å². The first-order valence-corrected chi connectivity index (χ1v) is 4.28. The Kier molecular flexibility index (Phi) is 1.92. The van der Waals surface area contributed by atoms with Crippen LogP contribution in [0.4, 0.5) is 0 Å². The van der Waals surface area contributed by atoms with Gasteiger partial charge in [-0.15, -0.1) is 0 Å². The first-order valence-electron chi connectivity index (χ1n) is 3.90. The molecule has 0 N–H and O–H groups in total. The van der Waals surface area contributed by atoms with E-state index < -0.39 is 0 Å². The van der Waals surface area contributed by atoms with Gasteiger partial charge in [0, 0.05) is 10.4 Å². The molecule has 0 saturated carbocycles. The summed E-state index contributed by atoms with van der Waals surface area (Å²) in [6.07, 6.45) is 0. The van der Waals surface area contributed by atoms with E-state index in [0.717, 1.165) is 10.8 Å². The van der Waals surface area contributed by atoms with Crippen LogP contribution in [0.5, 0.6) is 0 Å². The summed E-state index contributed by atoms with van der Waals surface area (Å²) >= 11 is 5.99. The molecule has 0 unspecified atom stereocenters. The Balaban J connectivity index is 2.97. The lowest BCUT2D eigenvalue weighted by molar-refractivity contribution is 1.50. The van der Waals surface area contributed by atoms with E-state index in [1.807, 2.05) is 24.3 Å². The Morgan fingerprint density at radius 3 is 2.46 bits per heavy atom. The second-order valence-electron chi connectivity index (χ2n) is 2.76. The van der Waals surface area contributed by atoms with Crippen LogP contribution in [0.2, 0.25) is 5.02 Å². The minimum atomic E-state index is 0.628. The number of rotatable bonds is 0. The van der Waals surface area contributed by atoms with Crippen molar-refractivity contribution in [2.75, 3.05) is 0 Å². The molecule has 2 aromatic carbocycles. The average Bonchev–Trinajstić information content (AvgIpc) is 2.17. The summed E-state index contributed by atoms with van der Waals surface area (Å²) in [7, 11) is 0. The molecule has 2 rings (SSSR count). The molecule has 1 nitrogen and oxygen atoms in total. The van der Waals surface area contributed by atoms with Crippen LogP contribution in [0.1, 0.15) is 5.56 Å². The Morgan fingerprint density at radius 2 is 1.77 bits per heavy atom. The molecule has 2 aromatic rings. The maximum atomic E-state index is 8.85. The van der Waals surface area contributed by atoms with E-state index in [1.54, 1.807) is 12.1 Å². The third kappa shape index (κ3) is 1.26. The van der Waals surface area contributed by atoms with Crippen molar-refractivity contribution in [3.63, 3.8) is 0 Å². The summed E-state index contributed by atoms with van der Waals surface area (Å²) in [6, 6.07) is 13.3. The summed E-state index contributed by atoms with van der Waals surface area (Å²) in [4.78, 5) is 0. The van der Waals surface area contributed by atoms with Gasteiger partial charge in [0.15, 0.2) is 0 Å². The summed E-state index contributed by atoms with van der Waals surface area (Å²) in [5.74, 6) is 0. The molecule has 0 spiro atoms. The maximum Gasteiger partial charge on any atom is 0.0998 e. The molecule has 0 aromatic heterocycles. The van der Waals surface area contributed by atoms with Crippen molar-refractivity contribution in [2.24, 2.45) is 0 Å². The third-order valence-electron chi connectivity index (χ3n) is 1.97. The quantitative estimate of drug-likeness (QED) is 0.621. The highest BCUT2D eigenvalue weighted by atomic mass is 35.5. The fraction of sp³-hybridized carbons (Fsp3) is 0. The van der Waals surface area contributed by atoms with Gasteiger partial charge in [-0.2, -0.15) is 5.26 Å². The minimum Gasteiger partial charge on any atom is -0.192 e. The molecule has 13 heavy (non-hydrogen) atoms. The van der Waals surface area contributed by atoms with Crippen LogP contribution in [-0.2, 0) is 0 Å². The number of halogens is 1. The van der Waals surface area contributed by atoms with Crippen molar-refractivity contribution in [3.8, 4) is 6.07 Å². The smallest absolute Gasteiger partial charge is 0.0998 e. The van der Waals surface area contributed by atoms with Crippen LogP contribution >= 0.6 is 11.6 Å². The molecule has 0 bridgehead atoms. The lowest BCUT2D eigenvalue weighted by Gasteiger charge is -2.00. The predicted molar refractivity (Wildman–Crippen MR) is 53.7 cm³/mol. The second-order valence-corrected chi connectivity index (χ2v) is 3.16. The predicted octanol–water partition coefficient (Wildman–Crippen LogP) is 3.36. The van der Waals surface area contributed by atoms with Crippen LogP contribution in [0.3, 0.4) is 0 Å². The van der Waals surface area contributed by atoms with Gasteiger partial charge < -0.3 is 0 Å². The normalized spacial score (nSPS) is 9.85. The number of hydrogen-bond acceptors (Lipinski definition) is 1. The highest BCUT2D eigenvalue weighted by molar-refractivity contribution is 6.35. The Hall–Kier alpha value is -1.52. The second kappa shape index (κ2) is 3.08. The van der Waals surface area contributed by atoms with E-state index in [-0.39, 0.29) is 0 Å². The summed E-state index contributed by atoms with van der Waals surface area (Å²) < 4.78 is 0. The minimum absolute atomic E-state index is 0.628. The van der Waals surface area contributed by atoms with Gasteiger partial charge in [0.2, 0.25) is 0 Å². The fourth-order valence-electron chi connectivity index (χ4n) is 1.39. The lowest BCUT2D eigenvalue weighted by Crippen LogP contribution is -1.79. The van der Waals surface area contributed by atoms with Crippen molar-refractivity contribution in [1.29, 1.82) is 5.26 Å². The average molecular weight is 188 g/mol. The van der Waals surface area contributed by atoms with E-state index >= 15 is 0 Å². The molecule has 0 aliphatic carbocycles. The highest BCUT2D eigenvalue weighted by Crippen LogP contribution is 2.25. The van der Waals surface area contributed by atoms with Crippen LogP contribution in [-0.4, -0.2) is 0 Å².